The molecule has 1 heterocycles. The SMILES string of the molecule is CCCCCCC/C=C/CC/C=C/C(O)C(COC1OC(CO)C(O)C(O)C1O)NC(=O)C(O)CCCCCCCCCCCCCCCCCCCC. The van der Waals surface area contributed by atoms with Gasteiger partial charge >= 0.3 is 0 Å². The van der Waals surface area contributed by atoms with Gasteiger partial charge in [0.05, 0.1) is 25.4 Å². The second kappa shape index (κ2) is 34.8. The average molecular weight is 770 g/mol. The number of allylic oxidation sites excluding steroid dienone is 3. The molecule has 1 amide bonds. The van der Waals surface area contributed by atoms with Crippen molar-refractivity contribution in [2.24, 2.45) is 0 Å². The van der Waals surface area contributed by atoms with Crippen LogP contribution in [-0.2, 0) is 14.3 Å². The Hall–Kier alpha value is -1.37. The van der Waals surface area contributed by atoms with Crippen molar-refractivity contribution in [3.63, 3.8) is 0 Å². The Bertz CT molecular complexity index is 916. The van der Waals surface area contributed by atoms with Gasteiger partial charge in [0.1, 0.15) is 30.5 Å². The number of hydrogen-bond donors (Lipinski definition) is 7. The number of unbranched alkanes of at least 4 members (excludes halogenated alkanes) is 23. The molecule has 1 rings (SSSR count). The van der Waals surface area contributed by atoms with E-state index in [9.17, 15) is 35.4 Å². The molecular formula is C44H83NO9. The zero-order valence-electron chi connectivity index (χ0n) is 34.3. The lowest BCUT2D eigenvalue weighted by Gasteiger charge is -2.40. The first-order chi connectivity index (χ1) is 26.3. The van der Waals surface area contributed by atoms with E-state index in [1.54, 1.807) is 6.08 Å². The van der Waals surface area contributed by atoms with Crippen molar-refractivity contribution in [1.29, 1.82) is 0 Å². The van der Waals surface area contributed by atoms with Crippen molar-refractivity contribution < 1.29 is 44.9 Å². The van der Waals surface area contributed by atoms with E-state index in [2.05, 4.69) is 31.3 Å². The summed E-state index contributed by atoms with van der Waals surface area (Å²) in [7, 11) is 0. The van der Waals surface area contributed by atoms with Gasteiger partial charge in [-0.3, -0.25) is 4.79 Å². The molecule has 54 heavy (non-hydrogen) atoms. The quantitative estimate of drug-likeness (QED) is 0.0250. The maximum Gasteiger partial charge on any atom is 0.249 e. The van der Waals surface area contributed by atoms with Gasteiger partial charge in [-0.1, -0.05) is 179 Å². The minimum Gasteiger partial charge on any atom is -0.394 e. The third kappa shape index (κ3) is 25.0. The van der Waals surface area contributed by atoms with Gasteiger partial charge in [0, 0.05) is 0 Å². The molecule has 10 heteroatoms. The Kier molecular flexibility index (Phi) is 32.7. The van der Waals surface area contributed by atoms with Crippen LogP contribution in [0.4, 0.5) is 0 Å². The number of aliphatic hydroxyl groups is 6. The van der Waals surface area contributed by atoms with Gasteiger partial charge in [-0.25, -0.2) is 0 Å². The van der Waals surface area contributed by atoms with Gasteiger partial charge in [-0.15, -0.1) is 0 Å². The highest BCUT2D eigenvalue weighted by molar-refractivity contribution is 5.80. The highest BCUT2D eigenvalue weighted by atomic mass is 16.7. The third-order valence-electron chi connectivity index (χ3n) is 10.6. The highest BCUT2D eigenvalue weighted by Gasteiger charge is 2.44. The number of ether oxygens (including phenoxy) is 2. The average Bonchev–Trinajstić information content (AvgIpc) is 3.17. The maximum absolute atomic E-state index is 13.0. The Labute approximate surface area is 329 Å². The van der Waals surface area contributed by atoms with E-state index in [4.69, 9.17) is 9.47 Å². The molecular weight excluding hydrogens is 686 g/mol. The molecule has 0 aliphatic carbocycles. The van der Waals surface area contributed by atoms with Gasteiger partial charge in [-0.05, 0) is 32.1 Å². The van der Waals surface area contributed by atoms with Crippen molar-refractivity contribution in [3.05, 3.63) is 24.3 Å². The third-order valence-corrected chi connectivity index (χ3v) is 10.6. The summed E-state index contributed by atoms with van der Waals surface area (Å²) in [6.45, 7) is 3.56. The van der Waals surface area contributed by atoms with Gasteiger partial charge in [-0.2, -0.15) is 0 Å². The van der Waals surface area contributed by atoms with E-state index in [-0.39, 0.29) is 6.61 Å². The minimum absolute atomic E-state index is 0.307. The van der Waals surface area contributed by atoms with E-state index in [0.29, 0.717) is 19.3 Å². The fraction of sp³-hybridized carbons (Fsp3) is 0.886. The summed E-state index contributed by atoms with van der Waals surface area (Å²) < 4.78 is 11.1. The number of aliphatic hydroxyl groups excluding tert-OH is 6. The summed E-state index contributed by atoms with van der Waals surface area (Å²) in [4.78, 5) is 13.0. The Morgan fingerprint density at radius 2 is 1.09 bits per heavy atom. The maximum atomic E-state index is 13.0. The number of rotatable bonds is 36. The van der Waals surface area contributed by atoms with Crippen LogP contribution in [-0.4, -0.2) is 98.7 Å². The normalized spacial score (nSPS) is 22.3. The summed E-state index contributed by atoms with van der Waals surface area (Å²) in [6, 6.07) is -0.991. The van der Waals surface area contributed by atoms with Crippen LogP contribution in [0.3, 0.4) is 0 Å². The molecule has 1 saturated heterocycles. The molecule has 0 bridgehead atoms. The van der Waals surface area contributed by atoms with Gasteiger partial charge in [0.15, 0.2) is 6.29 Å². The minimum atomic E-state index is -1.61. The van der Waals surface area contributed by atoms with E-state index >= 15 is 0 Å². The Morgan fingerprint density at radius 3 is 1.61 bits per heavy atom. The zero-order valence-corrected chi connectivity index (χ0v) is 34.3. The van der Waals surface area contributed by atoms with E-state index in [1.807, 2.05) is 6.08 Å². The van der Waals surface area contributed by atoms with Crippen LogP contribution in [0, 0.1) is 0 Å². The largest absolute Gasteiger partial charge is 0.394 e. The van der Waals surface area contributed by atoms with Crippen LogP contribution in [0.5, 0.6) is 0 Å². The van der Waals surface area contributed by atoms with Crippen LogP contribution in [0.1, 0.15) is 187 Å². The van der Waals surface area contributed by atoms with Gasteiger partial charge in [0.25, 0.3) is 0 Å². The number of carbonyl (C=O) groups excluding carboxylic acids is 1. The molecule has 318 valence electrons. The van der Waals surface area contributed by atoms with Crippen molar-refractivity contribution >= 4 is 5.91 Å². The fourth-order valence-electron chi connectivity index (χ4n) is 6.94. The summed E-state index contributed by atoms with van der Waals surface area (Å²) in [6.07, 6.45) is 29.9. The van der Waals surface area contributed by atoms with Crippen LogP contribution in [0.25, 0.3) is 0 Å². The summed E-state index contributed by atoms with van der Waals surface area (Å²) in [5, 5.41) is 64.4. The molecule has 0 aromatic heterocycles. The topological polar surface area (TPSA) is 169 Å². The summed E-state index contributed by atoms with van der Waals surface area (Å²) in [5.74, 6) is -0.626. The van der Waals surface area contributed by atoms with Crippen LogP contribution >= 0.6 is 0 Å². The number of nitrogens with one attached hydrogen (secondary N) is 1. The van der Waals surface area contributed by atoms with Gasteiger partial charge < -0.3 is 45.4 Å². The first-order valence-corrected chi connectivity index (χ1v) is 22.2. The molecule has 0 radical (unpaired) electrons. The lowest BCUT2D eigenvalue weighted by atomic mass is 9.99. The second-order valence-corrected chi connectivity index (χ2v) is 15.6. The van der Waals surface area contributed by atoms with Gasteiger partial charge in [0.2, 0.25) is 5.91 Å². The molecule has 1 fully saturated rings. The van der Waals surface area contributed by atoms with Crippen molar-refractivity contribution in [2.45, 2.75) is 236 Å². The molecule has 0 aromatic carbocycles. The molecule has 10 nitrogen and oxygen atoms in total. The molecule has 8 unspecified atom stereocenters. The van der Waals surface area contributed by atoms with E-state index in [0.717, 1.165) is 32.1 Å². The summed E-state index contributed by atoms with van der Waals surface area (Å²) >= 11 is 0. The molecule has 0 aromatic rings. The Morgan fingerprint density at radius 1 is 0.630 bits per heavy atom. The number of hydrogen-bond acceptors (Lipinski definition) is 9. The monoisotopic (exact) mass is 770 g/mol. The highest BCUT2D eigenvalue weighted by Crippen LogP contribution is 2.22. The molecule has 0 saturated carbocycles. The van der Waals surface area contributed by atoms with Crippen molar-refractivity contribution in [1.82, 2.24) is 5.32 Å². The van der Waals surface area contributed by atoms with E-state index in [1.165, 1.54) is 122 Å². The zero-order chi connectivity index (χ0) is 39.7. The smallest absolute Gasteiger partial charge is 0.249 e. The van der Waals surface area contributed by atoms with Crippen LogP contribution < -0.4 is 5.32 Å². The molecule has 1 aliphatic heterocycles. The Balaban J connectivity index is 2.41. The fourth-order valence-corrected chi connectivity index (χ4v) is 6.94. The second-order valence-electron chi connectivity index (χ2n) is 15.6. The predicted octanol–water partition coefficient (Wildman–Crippen LogP) is 7.69. The molecule has 8 atom stereocenters. The van der Waals surface area contributed by atoms with Crippen molar-refractivity contribution in [3.8, 4) is 0 Å². The van der Waals surface area contributed by atoms with Crippen molar-refractivity contribution in [2.75, 3.05) is 13.2 Å². The lowest BCUT2D eigenvalue weighted by molar-refractivity contribution is -0.302. The summed E-state index contributed by atoms with van der Waals surface area (Å²) in [5.41, 5.74) is 0. The first-order valence-electron chi connectivity index (χ1n) is 22.2. The lowest BCUT2D eigenvalue weighted by Crippen LogP contribution is -2.60. The predicted molar refractivity (Wildman–Crippen MR) is 218 cm³/mol. The molecule has 1 aliphatic rings. The van der Waals surface area contributed by atoms with Crippen LogP contribution in [0.2, 0.25) is 0 Å². The standard InChI is InChI=1S/C44H83NO9/c1-3-5-7-9-11-13-15-16-17-18-19-20-21-23-25-27-29-31-33-38(48)43(52)45-36(35-53-44-42(51)41(50)40(49)39(34-46)54-44)37(47)32-30-28-26-24-22-14-12-10-8-6-4-2/h22,24,30,32,36-42,44,46-51H,3-21,23,25-29,31,33-35H2,1-2H3,(H,45,52)/b24-22+,32-30+. The number of carbonyl (C=O) groups is 1. The molecule has 0 spiro atoms. The first kappa shape index (κ1) is 50.6. The molecule has 7 N–H and O–H groups in total. The number of amides is 1. The van der Waals surface area contributed by atoms with E-state index < -0.39 is 61.5 Å². The van der Waals surface area contributed by atoms with Crippen LogP contribution in [0.15, 0.2) is 24.3 Å².